The highest BCUT2D eigenvalue weighted by Crippen LogP contribution is 2.11. The summed E-state index contributed by atoms with van der Waals surface area (Å²) in [5.74, 6) is 0.350. The molecule has 0 heterocycles. The number of quaternary nitrogens is 1. The minimum absolute atomic E-state index is 0. The Labute approximate surface area is 162 Å². The van der Waals surface area contributed by atoms with Gasteiger partial charge in [0.05, 0.1) is 27.6 Å². The van der Waals surface area contributed by atoms with Gasteiger partial charge in [-0.2, -0.15) is 0 Å². The average molecular weight is 404 g/mol. The zero-order chi connectivity index (χ0) is 17.4. The summed E-state index contributed by atoms with van der Waals surface area (Å²) in [4.78, 5) is 11.8. The Morgan fingerprint density at radius 3 is 1.58 bits per heavy atom. The molecule has 1 amide bonds. The number of carbonyl (C=O) groups is 1. The highest BCUT2D eigenvalue weighted by molar-refractivity contribution is 5.68. The molecule has 0 aliphatic carbocycles. The molecule has 0 aromatic carbocycles. The van der Waals surface area contributed by atoms with Crippen LogP contribution in [0, 0.1) is 0 Å². The topological polar surface area (TPSA) is 17.1 Å². The summed E-state index contributed by atoms with van der Waals surface area (Å²) in [7, 11) is 5.87. The van der Waals surface area contributed by atoms with Gasteiger partial charge in [-0.3, -0.25) is 4.48 Å². The first-order chi connectivity index (χ1) is 11.0. The predicted molar refractivity (Wildman–Crippen MR) is 102 cm³/mol. The van der Waals surface area contributed by atoms with E-state index in [0.29, 0.717) is 10.4 Å². The van der Waals surface area contributed by atoms with Crippen molar-refractivity contribution in [1.82, 2.24) is 0 Å². The molecule has 0 aliphatic rings. The lowest BCUT2D eigenvalue weighted by atomic mass is 10.1. The van der Waals surface area contributed by atoms with Crippen molar-refractivity contribution in [2.45, 2.75) is 96.8 Å². The maximum atomic E-state index is 11.8. The fourth-order valence-electron chi connectivity index (χ4n) is 2.68. The van der Waals surface area contributed by atoms with Crippen LogP contribution >= 0.6 is 0 Å². The van der Waals surface area contributed by atoms with Crippen molar-refractivity contribution in [2.24, 2.45) is 0 Å². The Bertz CT molecular complexity index is 307. The second-order valence-corrected chi connectivity index (χ2v) is 7.74. The number of allylic oxidation sites excluding steroid dienone is 2. The van der Waals surface area contributed by atoms with E-state index in [-0.39, 0.29) is 17.0 Å². The Hall–Kier alpha value is -0.150. The van der Waals surface area contributed by atoms with Gasteiger partial charge < -0.3 is 17.0 Å². The lowest BCUT2D eigenvalue weighted by Gasteiger charge is -2.20. The van der Waals surface area contributed by atoms with Crippen LogP contribution in [0.4, 0.5) is 0 Å². The number of hydrogen-bond acceptors (Lipinski definition) is 1. The number of halogens is 1. The largest absolute Gasteiger partial charge is 1.00 e. The van der Waals surface area contributed by atoms with Gasteiger partial charge in [-0.05, 0) is 32.1 Å². The van der Waals surface area contributed by atoms with E-state index in [1.807, 2.05) is 21.1 Å². The Kier molecular flexibility index (Phi) is 19.2. The van der Waals surface area contributed by atoms with Gasteiger partial charge in [0.15, 0.2) is 0 Å². The Balaban J connectivity index is 0. The van der Waals surface area contributed by atoms with Crippen LogP contribution < -0.4 is 17.0 Å². The van der Waals surface area contributed by atoms with Crippen molar-refractivity contribution in [3.8, 4) is 0 Å². The number of nitrogens with zero attached hydrogens (tertiary/aromatic N) is 1. The third-order valence-corrected chi connectivity index (χ3v) is 4.40. The van der Waals surface area contributed by atoms with Gasteiger partial charge in [0.25, 0.3) is 0 Å². The zero-order valence-electron chi connectivity index (χ0n) is 16.8. The second kappa shape index (κ2) is 17.7. The van der Waals surface area contributed by atoms with Crippen molar-refractivity contribution in [1.29, 1.82) is 0 Å². The van der Waals surface area contributed by atoms with Gasteiger partial charge in [0.2, 0.25) is 0 Å². The molecule has 0 radical (unpaired) electrons. The molecule has 144 valence electrons. The summed E-state index contributed by atoms with van der Waals surface area (Å²) < 4.78 is 0.462. The van der Waals surface area contributed by atoms with Crippen molar-refractivity contribution in [2.75, 3.05) is 21.1 Å². The molecule has 0 fully saturated rings. The molecular weight excluding hydrogens is 362 g/mol. The molecule has 0 spiro atoms. The monoisotopic (exact) mass is 403 g/mol. The summed E-state index contributed by atoms with van der Waals surface area (Å²) in [6, 6.07) is 0. The quantitative estimate of drug-likeness (QED) is 0.233. The predicted octanol–water partition coefficient (Wildman–Crippen LogP) is 3.26. The molecule has 0 bridgehead atoms. The first-order valence-corrected chi connectivity index (χ1v) is 9.98. The minimum Gasteiger partial charge on any atom is -1.00 e. The number of amides is 1. The molecule has 0 unspecified atom stereocenters. The molecular formula is C21H42BrNO. The van der Waals surface area contributed by atoms with Crippen molar-refractivity contribution < 1.29 is 26.3 Å². The Morgan fingerprint density at radius 2 is 1.12 bits per heavy atom. The van der Waals surface area contributed by atoms with E-state index < -0.39 is 0 Å². The number of unbranched alkanes of at least 4 members (excludes halogenated alkanes) is 11. The standard InChI is InChI=1S/C21H42NO.BrH/c1-5-6-7-8-9-10-11-12-13-14-15-16-17-18-19-20-21(23)22(2,3)4;/h12-13H,5-11,14-20H2,1-4H3;1H/q+1;/p-1/b13-12-;. The van der Waals surface area contributed by atoms with Gasteiger partial charge in [0.1, 0.15) is 0 Å². The molecule has 0 aromatic rings. The van der Waals surface area contributed by atoms with Crippen LogP contribution in [-0.4, -0.2) is 31.5 Å². The van der Waals surface area contributed by atoms with E-state index in [9.17, 15) is 4.79 Å². The summed E-state index contributed by atoms with van der Waals surface area (Å²) >= 11 is 0. The normalized spacial score (nSPS) is 11.7. The van der Waals surface area contributed by atoms with E-state index in [2.05, 4.69) is 19.1 Å². The molecule has 0 atom stereocenters. The van der Waals surface area contributed by atoms with E-state index >= 15 is 0 Å². The van der Waals surface area contributed by atoms with Crippen LogP contribution in [0.1, 0.15) is 96.8 Å². The van der Waals surface area contributed by atoms with E-state index in [4.69, 9.17) is 0 Å². The third-order valence-electron chi connectivity index (χ3n) is 4.40. The van der Waals surface area contributed by atoms with E-state index in [1.165, 1.54) is 77.0 Å². The van der Waals surface area contributed by atoms with E-state index in [1.54, 1.807) is 0 Å². The smallest absolute Gasteiger partial charge is 0.313 e. The van der Waals surface area contributed by atoms with Crippen LogP contribution in [0.5, 0.6) is 0 Å². The zero-order valence-corrected chi connectivity index (χ0v) is 18.4. The molecule has 0 saturated heterocycles. The maximum Gasteiger partial charge on any atom is 0.313 e. The van der Waals surface area contributed by atoms with Crippen LogP contribution in [-0.2, 0) is 4.79 Å². The summed E-state index contributed by atoms with van der Waals surface area (Å²) in [5, 5.41) is 0. The van der Waals surface area contributed by atoms with Crippen LogP contribution in [0.2, 0.25) is 0 Å². The molecule has 0 N–H and O–H groups in total. The van der Waals surface area contributed by atoms with Crippen LogP contribution in [0.25, 0.3) is 0 Å². The van der Waals surface area contributed by atoms with Crippen molar-refractivity contribution in [3.05, 3.63) is 12.2 Å². The highest BCUT2D eigenvalue weighted by Gasteiger charge is 2.18. The molecule has 24 heavy (non-hydrogen) atoms. The third kappa shape index (κ3) is 18.2. The fraction of sp³-hybridized carbons (Fsp3) is 0.857. The summed E-state index contributed by atoms with van der Waals surface area (Å²) in [6.07, 6.45) is 22.4. The summed E-state index contributed by atoms with van der Waals surface area (Å²) in [5.41, 5.74) is 0. The molecule has 0 aromatic heterocycles. The Morgan fingerprint density at radius 1 is 0.708 bits per heavy atom. The first kappa shape index (κ1) is 26.1. The maximum absolute atomic E-state index is 11.8. The molecule has 0 aliphatic heterocycles. The lowest BCUT2D eigenvalue weighted by molar-refractivity contribution is -0.792. The van der Waals surface area contributed by atoms with Gasteiger partial charge in [-0.1, -0.05) is 70.4 Å². The van der Waals surface area contributed by atoms with Crippen molar-refractivity contribution in [3.63, 3.8) is 0 Å². The SMILES string of the molecule is CCCCCCCC/C=C\CCCCCCCC(=O)[N+](C)(C)C.[Br-]. The second-order valence-electron chi connectivity index (χ2n) is 7.74. The number of hydrogen-bond donors (Lipinski definition) is 0. The number of rotatable bonds is 15. The molecule has 3 heteroatoms. The first-order valence-electron chi connectivity index (χ1n) is 9.98. The number of carbonyl (C=O) groups excluding carboxylic acids is 1. The van der Waals surface area contributed by atoms with Gasteiger partial charge in [-0.15, -0.1) is 0 Å². The lowest BCUT2D eigenvalue weighted by Crippen LogP contribution is -3.00. The minimum atomic E-state index is 0. The molecule has 2 nitrogen and oxygen atoms in total. The van der Waals surface area contributed by atoms with Gasteiger partial charge >= 0.3 is 5.91 Å². The van der Waals surface area contributed by atoms with Crippen molar-refractivity contribution >= 4 is 5.91 Å². The van der Waals surface area contributed by atoms with Crippen LogP contribution in [0.15, 0.2) is 12.2 Å². The highest BCUT2D eigenvalue weighted by atomic mass is 79.9. The van der Waals surface area contributed by atoms with Crippen LogP contribution in [0.3, 0.4) is 0 Å². The van der Waals surface area contributed by atoms with Gasteiger partial charge in [-0.25, -0.2) is 4.79 Å². The average Bonchev–Trinajstić information content (AvgIpc) is 2.50. The van der Waals surface area contributed by atoms with Gasteiger partial charge in [0, 0.05) is 0 Å². The molecule has 0 rings (SSSR count). The molecule has 0 saturated carbocycles. The summed E-state index contributed by atoms with van der Waals surface area (Å²) in [6.45, 7) is 2.27. The van der Waals surface area contributed by atoms with E-state index in [0.717, 1.165) is 12.8 Å². The fourth-order valence-corrected chi connectivity index (χ4v) is 2.68.